The van der Waals surface area contributed by atoms with Gasteiger partial charge in [-0.3, -0.25) is 9.55 Å². The van der Waals surface area contributed by atoms with Crippen LogP contribution in [-0.2, 0) is 0 Å². The lowest BCUT2D eigenvalue weighted by Gasteiger charge is -2.11. The van der Waals surface area contributed by atoms with Crippen molar-refractivity contribution in [1.29, 1.82) is 5.26 Å². The van der Waals surface area contributed by atoms with E-state index in [9.17, 15) is 5.26 Å². The molecule has 0 spiro atoms. The zero-order chi connectivity index (χ0) is 28.9. The van der Waals surface area contributed by atoms with Gasteiger partial charge >= 0.3 is 0 Å². The smallest absolute Gasteiger partial charge is 0.235 e. The SMILES string of the molecule is N#Cc1ccc(-c2nc(-n3c4ccccc4c4c5c6ccccc6n6c7ccccc7c(cc43)c56)nc3cccnc23)cc1. The summed E-state index contributed by atoms with van der Waals surface area (Å²) in [5.41, 5.74) is 9.44. The summed E-state index contributed by atoms with van der Waals surface area (Å²) in [6, 6.07) is 41.8. The molecule has 0 aliphatic carbocycles. The molecule has 5 heterocycles. The predicted molar refractivity (Wildman–Crippen MR) is 176 cm³/mol. The fourth-order valence-corrected chi connectivity index (χ4v) is 7.14. The molecule has 5 aromatic carbocycles. The minimum atomic E-state index is 0.581. The van der Waals surface area contributed by atoms with Crippen LogP contribution in [0, 0.1) is 11.3 Å². The van der Waals surface area contributed by atoms with Crippen LogP contribution in [0.25, 0.3) is 88.1 Å². The van der Waals surface area contributed by atoms with E-state index in [2.05, 4.69) is 98.9 Å². The molecule has 0 N–H and O–H groups in total. The fourth-order valence-electron chi connectivity index (χ4n) is 7.14. The summed E-state index contributed by atoms with van der Waals surface area (Å²) >= 11 is 0. The lowest BCUT2D eigenvalue weighted by atomic mass is 10.0. The van der Waals surface area contributed by atoms with E-state index in [1.807, 2.05) is 36.4 Å². The molecule has 0 bridgehead atoms. The van der Waals surface area contributed by atoms with Crippen molar-refractivity contribution in [2.24, 2.45) is 0 Å². The summed E-state index contributed by atoms with van der Waals surface area (Å²) in [7, 11) is 0. The molecule has 0 aliphatic rings. The number of nitrogens with zero attached hydrogens (tertiary/aromatic N) is 6. The highest BCUT2D eigenvalue weighted by Gasteiger charge is 2.25. The van der Waals surface area contributed by atoms with Crippen LogP contribution in [-0.4, -0.2) is 23.9 Å². The first-order chi connectivity index (χ1) is 21.8. The average molecular weight is 561 g/mol. The molecule has 5 aromatic heterocycles. The Balaban J connectivity index is 1.41. The second kappa shape index (κ2) is 8.37. The molecule has 10 aromatic rings. The molecule has 0 saturated heterocycles. The maximum Gasteiger partial charge on any atom is 0.235 e. The molecule has 0 unspecified atom stereocenters. The van der Waals surface area contributed by atoms with Crippen LogP contribution in [0.1, 0.15) is 5.56 Å². The Hall–Kier alpha value is -6.32. The third-order valence-corrected chi connectivity index (χ3v) is 8.94. The molecule has 10 rings (SSSR count). The van der Waals surface area contributed by atoms with Crippen molar-refractivity contribution in [1.82, 2.24) is 23.9 Å². The van der Waals surface area contributed by atoms with Crippen molar-refractivity contribution in [3.63, 3.8) is 0 Å². The van der Waals surface area contributed by atoms with Crippen LogP contribution in [0.4, 0.5) is 0 Å². The van der Waals surface area contributed by atoms with E-state index in [0.29, 0.717) is 11.5 Å². The Morgan fingerprint density at radius 1 is 0.591 bits per heavy atom. The van der Waals surface area contributed by atoms with Gasteiger partial charge < -0.3 is 4.40 Å². The van der Waals surface area contributed by atoms with Gasteiger partial charge in [0, 0.05) is 44.1 Å². The minimum absolute atomic E-state index is 0.581. The lowest BCUT2D eigenvalue weighted by molar-refractivity contribution is 1.01. The second-order valence-corrected chi connectivity index (χ2v) is 11.2. The number of aromatic nitrogens is 5. The van der Waals surface area contributed by atoms with Crippen molar-refractivity contribution >= 4 is 70.9 Å². The standard InChI is InChI=1S/C38H20N6/c39-21-22-15-17-23(18-16-22)35-36-28(11-7-19-40-36)41-38(42-35)44-31-14-6-2-9-25(31)33-32(44)20-27-24-8-1-4-12-29(24)43-30-13-5-3-10-26(30)34(33)37(27)43/h1-20H. The van der Waals surface area contributed by atoms with Gasteiger partial charge in [-0.25, -0.2) is 9.97 Å². The first-order valence-corrected chi connectivity index (χ1v) is 14.5. The van der Waals surface area contributed by atoms with Gasteiger partial charge in [-0.15, -0.1) is 0 Å². The van der Waals surface area contributed by atoms with Crippen LogP contribution < -0.4 is 0 Å². The number of hydrogen-bond donors (Lipinski definition) is 0. The quantitative estimate of drug-likeness (QED) is 0.212. The second-order valence-electron chi connectivity index (χ2n) is 11.2. The van der Waals surface area contributed by atoms with Crippen LogP contribution in [0.2, 0.25) is 0 Å². The van der Waals surface area contributed by atoms with Crippen molar-refractivity contribution in [2.75, 3.05) is 0 Å². The molecule has 0 radical (unpaired) electrons. The molecule has 0 aliphatic heterocycles. The topological polar surface area (TPSA) is 71.8 Å². The fraction of sp³-hybridized carbons (Fsp3) is 0. The number of benzene rings is 5. The molecule has 0 atom stereocenters. The molecule has 202 valence electrons. The van der Waals surface area contributed by atoms with Crippen molar-refractivity contribution in [3.05, 3.63) is 127 Å². The zero-order valence-electron chi connectivity index (χ0n) is 23.2. The number of hydrogen-bond acceptors (Lipinski definition) is 4. The van der Waals surface area contributed by atoms with E-state index < -0.39 is 0 Å². The summed E-state index contributed by atoms with van der Waals surface area (Å²) in [4.78, 5) is 15.0. The Morgan fingerprint density at radius 2 is 1.27 bits per heavy atom. The highest BCUT2D eigenvalue weighted by molar-refractivity contribution is 6.35. The molecule has 0 fully saturated rings. The largest absolute Gasteiger partial charge is 0.308 e. The highest BCUT2D eigenvalue weighted by atomic mass is 15.2. The van der Waals surface area contributed by atoms with Gasteiger partial charge in [0.1, 0.15) is 11.2 Å². The van der Waals surface area contributed by atoms with Crippen molar-refractivity contribution in [2.45, 2.75) is 0 Å². The number of rotatable bonds is 2. The van der Waals surface area contributed by atoms with Gasteiger partial charge in [0.2, 0.25) is 5.95 Å². The number of fused-ring (bicyclic) bond motifs is 11. The third-order valence-electron chi connectivity index (χ3n) is 8.94. The molecule has 0 amide bonds. The van der Waals surface area contributed by atoms with Gasteiger partial charge in [0.05, 0.1) is 44.7 Å². The van der Waals surface area contributed by atoms with Gasteiger partial charge in [0.25, 0.3) is 0 Å². The molecule has 6 heteroatoms. The van der Waals surface area contributed by atoms with Crippen molar-refractivity contribution < 1.29 is 0 Å². The van der Waals surface area contributed by atoms with Gasteiger partial charge in [-0.05, 0) is 48.5 Å². The average Bonchev–Trinajstić information content (AvgIpc) is 3.72. The van der Waals surface area contributed by atoms with E-state index in [1.54, 1.807) is 6.20 Å². The molecule has 0 saturated carbocycles. The van der Waals surface area contributed by atoms with E-state index in [-0.39, 0.29) is 0 Å². The normalized spacial score (nSPS) is 12.1. The number of para-hydroxylation sites is 3. The predicted octanol–water partition coefficient (Wildman–Crippen LogP) is 8.81. The summed E-state index contributed by atoms with van der Waals surface area (Å²) in [5.74, 6) is 0.581. The maximum absolute atomic E-state index is 9.38. The van der Waals surface area contributed by atoms with Gasteiger partial charge in [-0.2, -0.15) is 5.26 Å². The van der Waals surface area contributed by atoms with Gasteiger partial charge in [0.15, 0.2) is 0 Å². The van der Waals surface area contributed by atoms with Crippen LogP contribution in [0.3, 0.4) is 0 Å². The minimum Gasteiger partial charge on any atom is -0.308 e. The molecule has 6 nitrogen and oxygen atoms in total. The monoisotopic (exact) mass is 560 g/mol. The van der Waals surface area contributed by atoms with Crippen LogP contribution >= 0.6 is 0 Å². The van der Waals surface area contributed by atoms with Crippen molar-refractivity contribution in [3.8, 4) is 23.3 Å². The van der Waals surface area contributed by atoms with Crippen LogP contribution in [0.15, 0.2) is 121 Å². The van der Waals surface area contributed by atoms with E-state index in [0.717, 1.165) is 38.7 Å². The highest BCUT2D eigenvalue weighted by Crippen LogP contribution is 2.46. The third kappa shape index (κ3) is 2.90. The molecular weight excluding hydrogens is 540 g/mol. The summed E-state index contributed by atoms with van der Waals surface area (Å²) in [6.45, 7) is 0. The Labute approximate surface area is 250 Å². The maximum atomic E-state index is 9.38. The Kier molecular flexibility index (Phi) is 4.43. The number of nitriles is 1. The summed E-state index contributed by atoms with van der Waals surface area (Å²) in [5, 5.41) is 16.6. The number of pyridine rings is 1. The zero-order valence-corrected chi connectivity index (χ0v) is 23.2. The molecule has 44 heavy (non-hydrogen) atoms. The summed E-state index contributed by atoms with van der Waals surface area (Å²) in [6.07, 6.45) is 1.77. The van der Waals surface area contributed by atoms with E-state index in [1.165, 1.54) is 43.5 Å². The first-order valence-electron chi connectivity index (χ1n) is 14.5. The lowest BCUT2D eigenvalue weighted by Crippen LogP contribution is -2.04. The van der Waals surface area contributed by atoms with Crippen LogP contribution in [0.5, 0.6) is 0 Å². The first kappa shape index (κ1) is 23.3. The van der Waals surface area contributed by atoms with E-state index >= 15 is 0 Å². The van der Waals surface area contributed by atoms with Gasteiger partial charge in [-0.1, -0.05) is 66.7 Å². The Bertz CT molecular complexity index is 2830. The van der Waals surface area contributed by atoms with E-state index in [4.69, 9.17) is 9.97 Å². The molecular formula is C38H20N6. The summed E-state index contributed by atoms with van der Waals surface area (Å²) < 4.78 is 4.62. The Morgan fingerprint density at radius 3 is 2.05 bits per heavy atom.